The van der Waals surface area contributed by atoms with Gasteiger partial charge in [0, 0.05) is 11.9 Å². The molecule has 2 unspecified atom stereocenters. The van der Waals surface area contributed by atoms with Crippen LogP contribution in [-0.2, 0) is 9.59 Å². The molecule has 0 bridgehead atoms. The summed E-state index contributed by atoms with van der Waals surface area (Å²) in [6.45, 7) is 4.39. The number of hydrogen-bond acceptors (Lipinski definition) is 3. The lowest BCUT2D eigenvalue weighted by molar-refractivity contribution is -0.132. The fourth-order valence-electron chi connectivity index (χ4n) is 3.70. The standard InChI is InChI=1S/C15H21Cl3N2O2S/c1-14(2)5-3-4-8-6-10(9(12(19)21)7-11(8)14)13(22)20-23-15(16,17)18/h9-10H,3-7H2,1-2H3,(H2,19,21)(H,20,22). The lowest BCUT2D eigenvalue weighted by atomic mass is 9.63. The van der Waals surface area contributed by atoms with Crippen LogP contribution in [0, 0.1) is 17.3 Å². The first-order valence-electron chi connectivity index (χ1n) is 7.56. The summed E-state index contributed by atoms with van der Waals surface area (Å²) in [5.74, 6) is -1.76. The van der Waals surface area contributed by atoms with Crippen LogP contribution < -0.4 is 10.5 Å². The van der Waals surface area contributed by atoms with Gasteiger partial charge in [-0.15, -0.1) is 0 Å². The Morgan fingerprint density at radius 1 is 1.26 bits per heavy atom. The Morgan fingerprint density at radius 2 is 1.91 bits per heavy atom. The zero-order chi connectivity index (χ0) is 17.4. The molecule has 3 N–H and O–H groups in total. The van der Waals surface area contributed by atoms with Gasteiger partial charge in [-0.25, -0.2) is 0 Å². The first-order chi connectivity index (χ1) is 10.5. The molecular weight excluding hydrogens is 379 g/mol. The molecule has 0 fully saturated rings. The highest BCUT2D eigenvalue weighted by Crippen LogP contribution is 2.49. The van der Waals surface area contributed by atoms with Crippen molar-refractivity contribution in [3.05, 3.63) is 11.1 Å². The number of nitrogens with two attached hydrogens (primary N) is 1. The van der Waals surface area contributed by atoms with Gasteiger partial charge < -0.3 is 5.73 Å². The average Bonchev–Trinajstić information content (AvgIpc) is 2.42. The summed E-state index contributed by atoms with van der Waals surface area (Å²) in [6, 6.07) is 0. The van der Waals surface area contributed by atoms with Gasteiger partial charge in [0.15, 0.2) is 0 Å². The summed E-state index contributed by atoms with van der Waals surface area (Å²) in [5, 5.41) is 0. The Balaban J connectivity index is 2.21. The van der Waals surface area contributed by atoms with Gasteiger partial charge in [-0.2, -0.15) is 0 Å². The fraction of sp³-hybridized carbons (Fsp3) is 0.733. The van der Waals surface area contributed by atoms with Crippen molar-refractivity contribution in [1.82, 2.24) is 4.72 Å². The van der Waals surface area contributed by atoms with Gasteiger partial charge >= 0.3 is 0 Å². The molecule has 0 aromatic rings. The predicted molar refractivity (Wildman–Crippen MR) is 96.1 cm³/mol. The Morgan fingerprint density at radius 3 is 2.48 bits per heavy atom. The van der Waals surface area contributed by atoms with Gasteiger partial charge in [-0.3, -0.25) is 14.3 Å². The number of halogens is 3. The van der Waals surface area contributed by atoms with Crippen molar-refractivity contribution in [2.45, 2.75) is 49.1 Å². The molecule has 2 rings (SSSR count). The number of amides is 2. The minimum Gasteiger partial charge on any atom is -0.369 e. The molecule has 2 amide bonds. The number of carbonyl (C=O) groups is 2. The van der Waals surface area contributed by atoms with Gasteiger partial charge in [0.05, 0.1) is 11.8 Å². The number of primary amides is 1. The van der Waals surface area contributed by atoms with Crippen molar-refractivity contribution in [2.24, 2.45) is 23.0 Å². The van der Waals surface area contributed by atoms with Crippen LogP contribution in [0.3, 0.4) is 0 Å². The Kier molecular flexibility index (Phi) is 5.87. The van der Waals surface area contributed by atoms with Gasteiger partial charge in [0.2, 0.25) is 11.8 Å². The van der Waals surface area contributed by atoms with Gasteiger partial charge in [-0.05, 0) is 37.5 Å². The van der Waals surface area contributed by atoms with Crippen LogP contribution in [-0.4, -0.2) is 14.9 Å². The molecule has 0 aromatic heterocycles. The minimum absolute atomic E-state index is 0.0645. The molecule has 0 saturated heterocycles. The quantitative estimate of drug-likeness (QED) is 0.426. The fourth-order valence-corrected chi connectivity index (χ4v) is 4.41. The number of nitrogens with one attached hydrogen (secondary N) is 1. The van der Waals surface area contributed by atoms with E-state index in [4.69, 9.17) is 40.5 Å². The highest BCUT2D eigenvalue weighted by Gasteiger charge is 2.43. The molecule has 130 valence electrons. The highest BCUT2D eigenvalue weighted by molar-refractivity contribution is 8.03. The van der Waals surface area contributed by atoms with E-state index in [1.165, 1.54) is 11.1 Å². The smallest absolute Gasteiger partial charge is 0.256 e. The van der Waals surface area contributed by atoms with Crippen molar-refractivity contribution in [3.63, 3.8) is 0 Å². The van der Waals surface area contributed by atoms with E-state index in [1.54, 1.807) is 0 Å². The zero-order valence-electron chi connectivity index (χ0n) is 13.1. The summed E-state index contributed by atoms with van der Waals surface area (Å²) >= 11 is 17.6. The number of allylic oxidation sites excluding steroid dienone is 2. The SMILES string of the molecule is CC1(C)CCCC2=C1CC(C(N)=O)C(C(=O)NSC(Cl)(Cl)Cl)C2. The van der Waals surface area contributed by atoms with E-state index in [9.17, 15) is 9.59 Å². The molecule has 8 heteroatoms. The predicted octanol–water partition coefficient (Wildman–Crippen LogP) is 4.10. The van der Waals surface area contributed by atoms with E-state index in [2.05, 4.69) is 18.6 Å². The van der Waals surface area contributed by atoms with Crippen LogP contribution in [0.4, 0.5) is 0 Å². The summed E-state index contributed by atoms with van der Waals surface area (Å²) in [6.07, 6.45) is 4.28. The second kappa shape index (κ2) is 7.03. The molecule has 23 heavy (non-hydrogen) atoms. The first-order valence-corrected chi connectivity index (χ1v) is 9.51. The number of rotatable bonds is 3. The molecule has 2 atom stereocenters. The summed E-state index contributed by atoms with van der Waals surface area (Å²) in [5.41, 5.74) is 8.21. The van der Waals surface area contributed by atoms with E-state index < -0.39 is 20.9 Å². The lowest BCUT2D eigenvalue weighted by Crippen LogP contribution is -2.43. The number of carbonyl (C=O) groups excluding carboxylic acids is 2. The molecule has 0 aromatic carbocycles. The van der Waals surface area contributed by atoms with E-state index in [-0.39, 0.29) is 11.3 Å². The molecule has 0 spiro atoms. The molecular formula is C15H21Cl3N2O2S. The normalized spacial score (nSPS) is 27.3. The van der Waals surface area contributed by atoms with Crippen molar-refractivity contribution >= 4 is 58.6 Å². The lowest BCUT2D eigenvalue weighted by Gasteiger charge is -2.42. The second-order valence-corrected chi connectivity index (χ2v) is 10.8. The first kappa shape index (κ1) is 19.2. The van der Waals surface area contributed by atoms with Gasteiger partial charge in [0.25, 0.3) is 3.12 Å². The van der Waals surface area contributed by atoms with Crippen LogP contribution in [0.15, 0.2) is 11.1 Å². The third-order valence-electron chi connectivity index (χ3n) is 4.87. The Hall–Kier alpha value is -0.100. The van der Waals surface area contributed by atoms with E-state index in [0.29, 0.717) is 24.8 Å². The van der Waals surface area contributed by atoms with Crippen LogP contribution in [0.1, 0.15) is 46.0 Å². The van der Waals surface area contributed by atoms with E-state index >= 15 is 0 Å². The average molecular weight is 400 g/mol. The van der Waals surface area contributed by atoms with Crippen LogP contribution in [0.5, 0.6) is 0 Å². The molecule has 4 nitrogen and oxygen atoms in total. The van der Waals surface area contributed by atoms with Gasteiger partial charge in [0.1, 0.15) is 0 Å². The van der Waals surface area contributed by atoms with Crippen LogP contribution in [0.25, 0.3) is 0 Å². The molecule has 2 aliphatic carbocycles. The third-order valence-corrected chi connectivity index (χ3v) is 6.10. The van der Waals surface area contributed by atoms with Gasteiger partial charge in [-0.1, -0.05) is 59.8 Å². The molecule has 0 heterocycles. The number of hydrogen-bond donors (Lipinski definition) is 2. The molecule has 0 saturated carbocycles. The summed E-state index contributed by atoms with van der Waals surface area (Å²) in [7, 11) is 0. The van der Waals surface area contributed by atoms with Crippen molar-refractivity contribution < 1.29 is 9.59 Å². The summed E-state index contributed by atoms with van der Waals surface area (Å²) in [4.78, 5) is 24.3. The second-order valence-electron chi connectivity index (χ2n) is 6.86. The summed E-state index contributed by atoms with van der Waals surface area (Å²) < 4.78 is 0.910. The zero-order valence-corrected chi connectivity index (χ0v) is 16.2. The molecule has 0 aliphatic heterocycles. The Bertz CT molecular complexity index is 543. The largest absolute Gasteiger partial charge is 0.369 e. The third kappa shape index (κ3) is 4.71. The minimum atomic E-state index is -1.64. The monoisotopic (exact) mass is 398 g/mol. The van der Waals surface area contributed by atoms with Crippen molar-refractivity contribution in [2.75, 3.05) is 0 Å². The maximum absolute atomic E-state index is 12.5. The van der Waals surface area contributed by atoms with E-state index in [0.717, 1.165) is 19.3 Å². The van der Waals surface area contributed by atoms with Crippen molar-refractivity contribution in [1.29, 1.82) is 0 Å². The highest BCUT2D eigenvalue weighted by atomic mass is 35.6. The molecule has 2 aliphatic rings. The maximum Gasteiger partial charge on any atom is 0.256 e. The van der Waals surface area contributed by atoms with E-state index in [1.807, 2.05) is 0 Å². The Labute approximate surface area is 156 Å². The topological polar surface area (TPSA) is 72.2 Å². The van der Waals surface area contributed by atoms with Crippen molar-refractivity contribution in [3.8, 4) is 0 Å². The molecule has 0 radical (unpaired) electrons. The number of alkyl halides is 3. The maximum atomic E-state index is 12.5. The van der Waals surface area contributed by atoms with Crippen LogP contribution >= 0.6 is 46.8 Å². The van der Waals surface area contributed by atoms with Crippen LogP contribution in [0.2, 0.25) is 0 Å².